The Bertz CT molecular complexity index is 1870. The summed E-state index contributed by atoms with van der Waals surface area (Å²) < 4.78 is 5.13. The molecule has 2 unspecified atom stereocenters. The van der Waals surface area contributed by atoms with Crippen molar-refractivity contribution >= 4 is 44.7 Å². The zero-order chi connectivity index (χ0) is 30.4. The van der Waals surface area contributed by atoms with E-state index >= 15 is 0 Å². The second kappa shape index (κ2) is 11.4. The summed E-state index contributed by atoms with van der Waals surface area (Å²) in [5.74, 6) is 0.532. The van der Waals surface area contributed by atoms with Gasteiger partial charge in [0.15, 0.2) is 16.9 Å². The molecule has 2 atom stereocenters. The molecule has 0 spiro atoms. The first-order chi connectivity index (χ1) is 20.6. The Labute approximate surface area is 257 Å². The van der Waals surface area contributed by atoms with Crippen LogP contribution in [0.1, 0.15) is 41.0 Å². The summed E-state index contributed by atoms with van der Waals surface area (Å²) in [7, 11) is 1.58. The second-order valence-electron chi connectivity index (χ2n) is 11.5. The number of anilines is 1. The van der Waals surface area contributed by atoms with Crippen molar-refractivity contribution in [2.75, 3.05) is 24.5 Å². The maximum absolute atomic E-state index is 14.0. The van der Waals surface area contributed by atoms with Crippen LogP contribution in [0.25, 0.3) is 11.2 Å². The monoisotopic (exact) mass is 644 g/mol. The summed E-state index contributed by atoms with van der Waals surface area (Å²) >= 11 is 3.43. The summed E-state index contributed by atoms with van der Waals surface area (Å²) in [4.78, 5) is 62.7. The minimum atomic E-state index is -0.591. The van der Waals surface area contributed by atoms with Crippen LogP contribution < -0.4 is 16.1 Å². The molecule has 6 rings (SSSR count). The average molecular weight is 646 g/mol. The fourth-order valence-corrected chi connectivity index (χ4v) is 6.44. The number of hydrogen-bond donors (Lipinski definition) is 0. The molecule has 222 valence electrons. The zero-order valence-corrected chi connectivity index (χ0v) is 26.0. The van der Waals surface area contributed by atoms with Crippen LogP contribution in [0.3, 0.4) is 0 Å². The zero-order valence-electron chi connectivity index (χ0n) is 24.4. The number of carbonyl (C=O) groups excluding carboxylic acids is 2. The molecular weight excluding hydrogens is 612 g/mol. The fourth-order valence-electron chi connectivity index (χ4n) is 6.18. The normalized spacial score (nSPS) is 17.9. The maximum Gasteiger partial charge on any atom is 0.332 e. The molecule has 0 radical (unpaired) electrons. The molecule has 11 heteroatoms. The molecule has 2 aliphatic rings. The third kappa shape index (κ3) is 5.26. The standard InChI is InChI=1S/C32H33BrN6O4/c1-20(2)13-15-38-27-28(35(3)32(43)39(30(27)42)19-26(40)21-7-5-4-6-8-21)34-31(38)37-16-14-23-17-36(18-25(23)37)29(41)22-9-11-24(33)12-10-22/h4-13,23,25H,14-19H2,1-3H3. The number of aryl methyl sites for hydroxylation is 1. The van der Waals surface area contributed by atoms with Crippen molar-refractivity contribution in [3.63, 3.8) is 0 Å². The molecular formula is C32H33BrN6O4. The number of nitrogens with zero attached hydrogens (tertiary/aromatic N) is 6. The summed E-state index contributed by atoms with van der Waals surface area (Å²) in [5.41, 5.74) is 1.57. The van der Waals surface area contributed by atoms with Gasteiger partial charge in [-0.2, -0.15) is 4.98 Å². The molecule has 0 aliphatic carbocycles. The van der Waals surface area contributed by atoms with Gasteiger partial charge in [-0.15, -0.1) is 0 Å². The highest BCUT2D eigenvalue weighted by Crippen LogP contribution is 2.36. The molecule has 4 heterocycles. The summed E-state index contributed by atoms with van der Waals surface area (Å²) in [6.45, 7) is 5.90. The van der Waals surface area contributed by atoms with E-state index < -0.39 is 11.2 Å². The van der Waals surface area contributed by atoms with Crippen LogP contribution in [0.4, 0.5) is 5.95 Å². The van der Waals surface area contributed by atoms with Crippen LogP contribution in [0.2, 0.25) is 0 Å². The third-order valence-corrected chi connectivity index (χ3v) is 9.00. The van der Waals surface area contributed by atoms with Crippen LogP contribution in [-0.4, -0.2) is 61.0 Å². The third-order valence-electron chi connectivity index (χ3n) is 8.47. The van der Waals surface area contributed by atoms with Gasteiger partial charge in [0.1, 0.15) is 0 Å². The van der Waals surface area contributed by atoms with Crippen LogP contribution >= 0.6 is 15.9 Å². The highest BCUT2D eigenvalue weighted by molar-refractivity contribution is 9.10. The number of likely N-dealkylation sites (tertiary alicyclic amines) is 1. The highest BCUT2D eigenvalue weighted by atomic mass is 79.9. The van der Waals surface area contributed by atoms with Gasteiger partial charge in [-0.1, -0.05) is 57.9 Å². The van der Waals surface area contributed by atoms with Crippen molar-refractivity contribution in [2.24, 2.45) is 13.0 Å². The quantitative estimate of drug-likeness (QED) is 0.224. The summed E-state index contributed by atoms with van der Waals surface area (Å²) in [6.07, 6.45) is 2.90. The Morgan fingerprint density at radius 1 is 0.977 bits per heavy atom. The lowest BCUT2D eigenvalue weighted by atomic mass is 10.1. The number of carbonyl (C=O) groups is 2. The first-order valence-electron chi connectivity index (χ1n) is 14.4. The van der Waals surface area contributed by atoms with Gasteiger partial charge in [-0.05, 0) is 44.5 Å². The predicted molar refractivity (Wildman–Crippen MR) is 169 cm³/mol. The largest absolute Gasteiger partial charge is 0.337 e. The molecule has 4 aromatic rings. The van der Waals surface area contributed by atoms with Crippen molar-refractivity contribution in [3.8, 4) is 0 Å². The number of Topliss-reactive ketones (excluding diaryl/α,β-unsaturated/α-hetero) is 1. The number of ketones is 1. The van der Waals surface area contributed by atoms with Gasteiger partial charge in [0, 0.05) is 54.7 Å². The number of halogens is 1. The topological polar surface area (TPSA) is 102 Å². The maximum atomic E-state index is 14.0. The van der Waals surface area contributed by atoms with E-state index in [-0.39, 0.29) is 41.4 Å². The van der Waals surface area contributed by atoms with Gasteiger partial charge in [-0.25, -0.2) is 4.79 Å². The lowest BCUT2D eigenvalue weighted by Gasteiger charge is -2.26. The number of imidazole rings is 1. The molecule has 2 saturated heterocycles. The number of benzene rings is 2. The number of aromatic nitrogens is 4. The average Bonchev–Trinajstić information content (AvgIpc) is 3.70. The predicted octanol–water partition coefficient (Wildman–Crippen LogP) is 3.86. The van der Waals surface area contributed by atoms with E-state index in [0.717, 1.165) is 27.6 Å². The van der Waals surface area contributed by atoms with E-state index in [2.05, 4.69) is 20.8 Å². The van der Waals surface area contributed by atoms with Crippen LogP contribution in [0.5, 0.6) is 0 Å². The first-order valence-corrected chi connectivity index (χ1v) is 15.2. The number of amides is 1. The first kappa shape index (κ1) is 28.9. The molecule has 0 bridgehead atoms. The van der Waals surface area contributed by atoms with Crippen LogP contribution in [0, 0.1) is 5.92 Å². The van der Waals surface area contributed by atoms with Gasteiger partial charge in [0.05, 0.1) is 12.6 Å². The molecule has 2 aromatic heterocycles. The van der Waals surface area contributed by atoms with Gasteiger partial charge in [0.25, 0.3) is 11.5 Å². The Kier molecular flexibility index (Phi) is 7.68. The van der Waals surface area contributed by atoms with Crippen molar-refractivity contribution < 1.29 is 9.59 Å². The molecule has 10 nitrogen and oxygen atoms in total. The molecule has 2 aliphatic heterocycles. The molecule has 43 heavy (non-hydrogen) atoms. The Hall–Kier alpha value is -4.25. The van der Waals surface area contributed by atoms with E-state index in [1.165, 1.54) is 4.57 Å². The lowest BCUT2D eigenvalue weighted by molar-refractivity contribution is 0.0783. The molecule has 0 N–H and O–H groups in total. The minimum absolute atomic E-state index is 0.00624. The summed E-state index contributed by atoms with van der Waals surface area (Å²) in [6, 6.07) is 16.1. The van der Waals surface area contributed by atoms with Crippen LogP contribution in [0.15, 0.2) is 80.3 Å². The molecule has 2 aromatic carbocycles. The SMILES string of the molecule is CC(C)=CCn1c(N2CCC3CN(C(=O)c4ccc(Br)cc4)CC32)nc2c1c(=O)n(CC(=O)c1ccccc1)c(=O)n2C. The van der Waals surface area contributed by atoms with E-state index in [9.17, 15) is 19.2 Å². The lowest BCUT2D eigenvalue weighted by Crippen LogP contribution is -2.41. The Morgan fingerprint density at radius 2 is 1.70 bits per heavy atom. The van der Waals surface area contributed by atoms with E-state index in [0.29, 0.717) is 36.7 Å². The van der Waals surface area contributed by atoms with Gasteiger partial charge >= 0.3 is 5.69 Å². The fraction of sp³-hybridized carbons (Fsp3) is 0.344. The number of rotatable bonds is 7. The Morgan fingerprint density at radius 3 is 2.40 bits per heavy atom. The highest BCUT2D eigenvalue weighted by Gasteiger charge is 2.44. The van der Waals surface area contributed by atoms with Gasteiger partial charge in [-0.3, -0.25) is 23.5 Å². The number of fused-ring (bicyclic) bond motifs is 2. The number of allylic oxidation sites excluding steroid dienone is 2. The molecule has 1 amide bonds. The van der Waals surface area contributed by atoms with Gasteiger partial charge < -0.3 is 14.4 Å². The van der Waals surface area contributed by atoms with E-state index in [4.69, 9.17) is 4.98 Å². The Balaban J connectivity index is 1.39. The minimum Gasteiger partial charge on any atom is -0.337 e. The van der Waals surface area contributed by atoms with Crippen molar-refractivity contribution in [1.29, 1.82) is 0 Å². The smallest absolute Gasteiger partial charge is 0.332 e. The van der Waals surface area contributed by atoms with Crippen molar-refractivity contribution in [1.82, 2.24) is 23.6 Å². The second-order valence-corrected chi connectivity index (χ2v) is 12.4. The van der Waals surface area contributed by atoms with E-state index in [1.54, 1.807) is 37.4 Å². The summed E-state index contributed by atoms with van der Waals surface area (Å²) in [5, 5.41) is 0. The van der Waals surface area contributed by atoms with Gasteiger partial charge in [0.2, 0.25) is 5.95 Å². The molecule has 0 saturated carbocycles. The molecule has 2 fully saturated rings. The van der Waals surface area contributed by atoms with Crippen LogP contribution in [-0.2, 0) is 20.1 Å². The van der Waals surface area contributed by atoms with Crippen molar-refractivity contribution in [3.05, 3.63) is 103 Å². The number of hydrogen-bond acceptors (Lipinski definition) is 6. The van der Waals surface area contributed by atoms with Crippen molar-refractivity contribution in [2.45, 2.75) is 39.4 Å². The van der Waals surface area contributed by atoms with E-state index in [1.807, 2.05) is 53.7 Å².